The van der Waals surface area contributed by atoms with Gasteiger partial charge in [-0.05, 0) is 45.8 Å². The number of methoxy groups -OCH3 is 1. The number of nitrogens with one attached hydrogen (secondary N) is 1. The van der Waals surface area contributed by atoms with E-state index < -0.39 is 0 Å². The van der Waals surface area contributed by atoms with Gasteiger partial charge in [-0.2, -0.15) is 0 Å². The van der Waals surface area contributed by atoms with Gasteiger partial charge in [-0.15, -0.1) is 0 Å². The van der Waals surface area contributed by atoms with Gasteiger partial charge in [0.25, 0.3) is 0 Å². The molecule has 4 heteroatoms. The molecule has 0 amide bonds. The molecule has 0 aromatic rings. The Kier molecular flexibility index (Phi) is 5.69. The van der Waals surface area contributed by atoms with Crippen LogP contribution < -0.4 is 5.32 Å². The van der Waals surface area contributed by atoms with Crippen LogP contribution in [0.15, 0.2) is 0 Å². The van der Waals surface area contributed by atoms with Crippen molar-refractivity contribution in [2.45, 2.75) is 25.3 Å². The van der Waals surface area contributed by atoms with Gasteiger partial charge in [0.2, 0.25) is 0 Å². The molecule has 0 aromatic carbocycles. The van der Waals surface area contributed by atoms with Gasteiger partial charge in [0.15, 0.2) is 0 Å². The molecule has 1 aliphatic rings. The van der Waals surface area contributed by atoms with Gasteiger partial charge in [0, 0.05) is 19.2 Å². The Morgan fingerprint density at radius 2 is 2.31 bits per heavy atom. The number of likely N-dealkylation sites (N-methyl/N-ethyl adjacent to an activating group) is 1. The monoisotopic (exact) mass is 230 g/mol. The van der Waals surface area contributed by atoms with Crippen molar-refractivity contribution in [1.29, 1.82) is 0 Å². The third-order valence-electron chi connectivity index (χ3n) is 3.70. The van der Waals surface area contributed by atoms with E-state index in [1.165, 1.54) is 13.0 Å². The van der Waals surface area contributed by atoms with Gasteiger partial charge in [0.05, 0.1) is 13.2 Å². The standard InChI is InChI=1S/C12H26N2O2/c1-12(10-15,13-2)5-7-14-6-4-11(8-14)9-16-3/h11,13,15H,4-10H2,1-3H3. The van der Waals surface area contributed by atoms with Crippen LogP contribution in [0.5, 0.6) is 0 Å². The second-order valence-corrected chi connectivity index (χ2v) is 5.13. The fourth-order valence-electron chi connectivity index (χ4n) is 2.18. The number of aliphatic hydroxyl groups is 1. The normalized spacial score (nSPS) is 25.9. The molecule has 0 radical (unpaired) electrons. The summed E-state index contributed by atoms with van der Waals surface area (Å²) in [6.07, 6.45) is 2.23. The first-order chi connectivity index (χ1) is 7.63. The van der Waals surface area contributed by atoms with Gasteiger partial charge in [0.1, 0.15) is 0 Å². The Morgan fingerprint density at radius 3 is 2.88 bits per heavy atom. The van der Waals surface area contributed by atoms with Crippen LogP contribution in [0.3, 0.4) is 0 Å². The molecule has 1 rings (SSSR count). The van der Waals surface area contributed by atoms with E-state index in [1.807, 2.05) is 7.05 Å². The van der Waals surface area contributed by atoms with E-state index in [0.717, 1.165) is 26.1 Å². The molecule has 96 valence electrons. The van der Waals surface area contributed by atoms with Gasteiger partial charge in [-0.1, -0.05) is 0 Å². The largest absolute Gasteiger partial charge is 0.394 e. The van der Waals surface area contributed by atoms with Gasteiger partial charge >= 0.3 is 0 Å². The number of hydrogen-bond donors (Lipinski definition) is 2. The second kappa shape index (κ2) is 6.55. The molecule has 2 atom stereocenters. The van der Waals surface area contributed by atoms with E-state index in [-0.39, 0.29) is 12.1 Å². The average Bonchev–Trinajstić information content (AvgIpc) is 2.74. The molecule has 2 N–H and O–H groups in total. The number of rotatable bonds is 7. The third-order valence-corrected chi connectivity index (χ3v) is 3.70. The van der Waals surface area contributed by atoms with Crippen LogP contribution in [0, 0.1) is 5.92 Å². The molecule has 1 saturated heterocycles. The minimum absolute atomic E-state index is 0.140. The van der Waals surface area contributed by atoms with Crippen molar-refractivity contribution in [2.75, 3.05) is 47.0 Å². The lowest BCUT2D eigenvalue weighted by atomic mass is 9.99. The summed E-state index contributed by atoms with van der Waals surface area (Å²) in [6, 6.07) is 0. The molecule has 1 fully saturated rings. The van der Waals surface area contributed by atoms with Crippen molar-refractivity contribution in [3.05, 3.63) is 0 Å². The zero-order valence-corrected chi connectivity index (χ0v) is 10.8. The van der Waals surface area contributed by atoms with E-state index in [2.05, 4.69) is 17.1 Å². The zero-order chi connectivity index (χ0) is 12.0. The number of ether oxygens (including phenoxy) is 1. The molecule has 0 aliphatic carbocycles. The lowest BCUT2D eigenvalue weighted by molar-refractivity contribution is 0.143. The van der Waals surface area contributed by atoms with E-state index in [9.17, 15) is 5.11 Å². The molecular weight excluding hydrogens is 204 g/mol. The van der Waals surface area contributed by atoms with E-state index in [4.69, 9.17) is 4.74 Å². The summed E-state index contributed by atoms with van der Waals surface area (Å²) >= 11 is 0. The highest BCUT2D eigenvalue weighted by atomic mass is 16.5. The topological polar surface area (TPSA) is 44.7 Å². The van der Waals surface area contributed by atoms with Crippen LogP contribution >= 0.6 is 0 Å². The van der Waals surface area contributed by atoms with Crippen molar-refractivity contribution in [3.8, 4) is 0 Å². The first kappa shape index (κ1) is 13.9. The molecule has 0 aromatic heterocycles. The minimum atomic E-state index is -0.140. The first-order valence-corrected chi connectivity index (χ1v) is 6.14. The van der Waals surface area contributed by atoms with Crippen LogP contribution in [0.4, 0.5) is 0 Å². The minimum Gasteiger partial charge on any atom is -0.394 e. The summed E-state index contributed by atoms with van der Waals surface area (Å²) in [5, 5.41) is 12.5. The predicted octanol–water partition coefficient (Wildman–Crippen LogP) is 0.315. The molecular formula is C12H26N2O2. The fourth-order valence-corrected chi connectivity index (χ4v) is 2.18. The lowest BCUT2D eigenvalue weighted by Crippen LogP contribution is -2.45. The summed E-state index contributed by atoms with van der Waals surface area (Å²) in [6.45, 7) is 6.49. The maximum Gasteiger partial charge on any atom is 0.0610 e. The van der Waals surface area contributed by atoms with Crippen LogP contribution in [-0.2, 0) is 4.74 Å². The maximum atomic E-state index is 9.29. The summed E-state index contributed by atoms with van der Waals surface area (Å²) in [5.74, 6) is 0.694. The lowest BCUT2D eigenvalue weighted by Gasteiger charge is -2.29. The Hall–Kier alpha value is -0.160. The molecule has 0 bridgehead atoms. The molecule has 0 spiro atoms. The number of likely N-dealkylation sites (tertiary alicyclic amines) is 1. The molecule has 1 aliphatic heterocycles. The highest BCUT2D eigenvalue weighted by Gasteiger charge is 2.26. The Bertz CT molecular complexity index is 195. The van der Waals surface area contributed by atoms with Crippen LogP contribution in [0.25, 0.3) is 0 Å². The highest BCUT2D eigenvalue weighted by Crippen LogP contribution is 2.18. The zero-order valence-electron chi connectivity index (χ0n) is 10.8. The molecule has 1 heterocycles. The van der Waals surface area contributed by atoms with Gasteiger partial charge in [-0.25, -0.2) is 0 Å². The van der Waals surface area contributed by atoms with Crippen LogP contribution in [0.1, 0.15) is 19.8 Å². The quantitative estimate of drug-likeness (QED) is 0.661. The van der Waals surface area contributed by atoms with Crippen LogP contribution in [0.2, 0.25) is 0 Å². The number of nitrogens with zero attached hydrogens (tertiary/aromatic N) is 1. The van der Waals surface area contributed by atoms with Gasteiger partial charge < -0.3 is 20.1 Å². The van der Waals surface area contributed by atoms with Crippen molar-refractivity contribution < 1.29 is 9.84 Å². The smallest absolute Gasteiger partial charge is 0.0610 e. The van der Waals surface area contributed by atoms with Crippen molar-refractivity contribution in [3.63, 3.8) is 0 Å². The summed E-state index contributed by atoms with van der Waals surface area (Å²) in [4.78, 5) is 2.47. The highest BCUT2D eigenvalue weighted by molar-refractivity contribution is 4.84. The van der Waals surface area contributed by atoms with Crippen molar-refractivity contribution in [1.82, 2.24) is 10.2 Å². The second-order valence-electron chi connectivity index (χ2n) is 5.13. The van der Waals surface area contributed by atoms with Crippen molar-refractivity contribution in [2.24, 2.45) is 5.92 Å². The van der Waals surface area contributed by atoms with Crippen LogP contribution in [-0.4, -0.2) is 62.6 Å². The average molecular weight is 230 g/mol. The molecule has 0 saturated carbocycles. The summed E-state index contributed by atoms with van der Waals surface area (Å²) in [5.41, 5.74) is -0.140. The van der Waals surface area contributed by atoms with Gasteiger partial charge in [-0.3, -0.25) is 0 Å². The predicted molar refractivity (Wildman–Crippen MR) is 65.6 cm³/mol. The summed E-state index contributed by atoms with van der Waals surface area (Å²) < 4.78 is 5.18. The Labute approximate surface area is 99.0 Å². The fraction of sp³-hybridized carbons (Fsp3) is 1.00. The molecule has 4 nitrogen and oxygen atoms in total. The third kappa shape index (κ3) is 4.01. The maximum absolute atomic E-state index is 9.29. The number of hydrogen-bond acceptors (Lipinski definition) is 4. The molecule has 16 heavy (non-hydrogen) atoms. The van der Waals surface area contributed by atoms with E-state index in [1.54, 1.807) is 7.11 Å². The first-order valence-electron chi connectivity index (χ1n) is 6.14. The number of aliphatic hydroxyl groups excluding tert-OH is 1. The molecule has 2 unspecified atom stereocenters. The Morgan fingerprint density at radius 1 is 1.56 bits per heavy atom. The SMILES string of the molecule is CNC(C)(CO)CCN1CCC(COC)C1. The Balaban J connectivity index is 2.24. The van der Waals surface area contributed by atoms with E-state index in [0.29, 0.717) is 5.92 Å². The summed E-state index contributed by atoms with van der Waals surface area (Å²) in [7, 11) is 3.68. The van der Waals surface area contributed by atoms with E-state index >= 15 is 0 Å². The van der Waals surface area contributed by atoms with Crippen molar-refractivity contribution >= 4 is 0 Å².